The van der Waals surface area contributed by atoms with E-state index in [-0.39, 0.29) is 37.1 Å². The molecular formula is C19H20IrNO2-. The van der Waals surface area contributed by atoms with Crippen molar-refractivity contribution in [2.24, 2.45) is 0 Å². The Hall–Kier alpha value is -1.77. The van der Waals surface area contributed by atoms with Crippen molar-refractivity contribution in [1.29, 1.82) is 0 Å². The van der Waals surface area contributed by atoms with E-state index < -0.39 is 0 Å². The van der Waals surface area contributed by atoms with Gasteiger partial charge in [-0.2, -0.15) is 0 Å². The van der Waals surface area contributed by atoms with Gasteiger partial charge in [0, 0.05) is 32.4 Å². The van der Waals surface area contributed by atoms with Gasteiger partial charge in [-0.3, -0.25) is 4.79 Å². The quantitative estimate of drug-likeness (QED) is 0.373. The standard InChI is InChI=1S/C14H12N.C5H8O2.Ir/c1-14(2)11-7-4-3-6-10(11)13-12(14)8-5-9-15-13;1-4(6)3-5(2)7;/h3-5,7-9H,1-2H3;3,6H,1-2H3;/q-1;;/b;4-3-;. The van der Waals surface area contributed by atoms with Gasteiger partial charge in [0.1, 0.15) is 0 Å². The topological polar surface area (TPSA) is 50.2 Å². The second-order valence-electron chi connectivity index (χ2n) is 5.88. The minimum atomic E-state index is -0.125. The van der Waals surface area contributed by atoms with Gasteiger partial charge in [0.05, 0.1) is 5.76 Å². The van der Waals surface area contributed by atoms with Gasteiger partial charge >= 0.3 is 0 Å². The first kappa shape index (κ1) is 19.3. The van der Waals surface area contributed by atoms with Crippen molar-refractivity contribution in [3.8, 4) is 11.3 Å². The van der Waals surface area contributed by atoms with Crippen LogP contribution in [0.15, 0.2) is 48.4 Å². The molecule has 0 saturated carbocycles. The van der Waals surface area contributed by atoms with Gasteiger partial charge < -0.3 is 10.1 Å². The van der Waals surface area contributed by atoms with Crippen LogP contribution in [0.1, 0.15) is 38.8 Å². The fourth-order valence-electron chi connectivity index (χ4n) is 2.70. The van der Waals surface area contributed by atoms with Crippen LogP contribution in [-0.2, 0) is 30.3 Å². The van der Waals surface area contributed by atoms with E-state index in [1.54, 1.807) is 0 Å². The molecule has 1 N–H and O–H groups in total. The number of aliphatic hydroxyl groups is 1. The molecule has 123 valence electrons. The van der Waals surface area contributed by atoms with Crippen LogP contribution in [0.5, 0.6) is 0 Å². The number of pyridine rings is 1. The van der Waals surface area contributed by atoms with E-state index in [2.05, 4.69) is 37.0 Å². The first-order valence-corrected chi connectivity index (χ1v) is 7.19. The van der Waals surface area contributed by atoms with Crippen LogP contribution in [0.2, 0.25) is 0 Å². The molecule has 23 heavy (non-hydrogen) atoms. The predicted molar refractivity (Wildman–Crippen MR) is 87.7 cm³/mol. The van der Waals surface area contributed by atoms with Crippen molar-refractivity contribution in [2.45, 2.75) is 33.1 Å². The maximum absolute atomic E-state index is 10.0. The summed E-state index contributed by atoms with van der Waals surface area (Å²) >= 11 is 0. The van der Waals surface area contributed by atoms with Crippen molar-refractivity contribution in [2.75, 3.05) is 0 Å². The zero-order valence-electron chi connectivity index (χ0n) is 13.7. The van der Waals surface area contributed by atoms with Crippen molar-refractivity contribution >= 4 is 5.78 Å². The Kier molecular flexibility index (Phi) is 6.43. The molecule has 3 nitrogen and oxygen atoms in total. The number of hydrogen-bond acceptors (Lipinski definition) is 3. The molecular weight excluding hydrogens is 466 g/mol. The summed E-state index contributed by atoms with van der Waals surface area (Å²) in [6, 6.07) is 13.6. The average Bonchev–Trinajstić information content (AvgIpc) is 2.68. The van der Waals surface area contributed by atoms with Crippen molar-refractivity contribution in [3.05, 3.63) is 65.6 Å². The Morgan fingerprint density at radius 3 is 2.43 bits per heavy atom. The number of fused-ring (bicyclic) bond motifs is 3. The molecule has 0 amide bonds. The summed E-state index contributed by atoms with van der Waals surface area (Å²) in [7, 11) is 0. The molecule has 0 bridgehead atoms. The Bertz CT molecular complexity index is 684. The number of rotatable bonds is 1. The van der Waals surface area contributed by atoms with Crippen LogP contribution in [-0.4, -0.2) is 15.9 Å². The minimum absolute atomic E-state index is 0. The molecule has 0 saturated heterocycles. The fraction of sp³-hybridized carbons (Fsp3) is 0.263. The summed E-state index contributed by atoms with van der Waals surface area (Å²) in [5.41, 5.74) is 4.97. The SMILES string of the molecule is CC(=O)/C=C(/C)O.CC1(C)c2ccc[c-]c2-c2ncccc21.[Ir]. The molecule has 1 aromatic heterocycles. The van der Waals surface area contributed by atoms with Crippen molar-refractivity contribution in [1.82, 2.24) is 4.98 Å². The first-order chi connectivity index (χ1) is 10.3. The van der Waals surface area contributed by atoms with E-state index in [1.165, 1.54) is 31.1 Å². The molecule has 0 fully saturated rings. The number of carbonyl (C=O) groups is 1. The summed E-state index contributed by atoms with van der Waals surface area (Å²) in [4.78, 5) is 14.5. The third-order valence-electron chi connectivity index (χ3n) is 3.66. The molecule has 3 rings (SSSR count). The van der Waals surface area contributed by atoms with Crippen molar-refractivity contribution < 1.29 is 30.0 Å². The molecule has 1 heterocycles. The molecule has 0 aliphatic heterocycles. The third kappa shape index (κ3) is 4.15. The van der Waals surface area contributed by atoms with Gasteiger partial charge in [0.15, 0.2) is 5.78 Å². The van der Waals surface area contributed by atoms with Crippen LogP contribution in [0.3, 0.4) is 0 Å². The second kappa shape index (κ2) is 7.67. The van der Waals surface area contributed by atoms with Crippen LogP contribution in [0, 0.1) is 6.07 Å². The van der Waals surface area contributed by atoms with Crippen LogP contribution in [0.25, 0.3) is 11.3 Å². The summed E-state index contributed by atoms with van der Waals surface area (Å²) in [5.74, 6) is -0.0625. The van der Waals surface area contributed by atoms with Crippen LogP contribution >= 0.6 is 0 Å². The third-order valence-corrected chi connectivity index (χ3v) is 3.66. The number of aromatic nitrogens is 1. The Balaban J connectivity index is 0.000000287. The maximum Gasteiger partial charge on any atom is 0.155 e. The number of benzene rings is 1. The van der Waals surface area contributed by atoms with Gasteiger partial charge in [-0.1, -0.05) is 25.5 Å². The number of nitrogens with zero attached hydrogens (tertiary/aromatic N) is 1. The monoisotopic (exact) mass is 487 g/mol. The molecule has 2 aromatic rings. The zero-order valence-corrected chi connectivity index (χ0v) is 16.1. The normalized spacial score (nSPS) is 13.8. The predicted octanol–water partition coefficient (Wildman–Crippen LogP) is 4.22. The Morgan fingerprint density at radius 2 is 1.87 bits per heavy atom. The molecule has 0 unspecified atom stereocenters. The molecule has 0 spiro atoms. The van der Waals surface area contributed by atoms with Gasteiger partial charge in [0.2, 0.25) is 0 Å². The van der Waals surface area contributed by atoms with Gasteiger partial charge in [-0.25, -0.2) is 0 Å². The molecule has 4 heteroatoms. The van der Waals surface area contributed by atoms with Crippen molar-refractivity contribution in [3.63, 3.8) is 0 Å². The molecule has 0 atom stereocenters. The fourth-order valence-corrected chi connectivity index (χ4v) is 2.70. The van der Waals surface area contributed by atoms with Crippen LogP contribution < -0.4 is 0 Å². The Labute approximate surface area is 150 Å². The number of carbonyl (C=O) groups excluding carboxylic acids is 1. The Morgan fingerprint density at radius 1 is 1.22 bits per heavy atom. The zero-order chi connectivity index (χ0) is 16.3. The van der Waals surface area contributed by atoms with Gasteiger partial charge in [0.25, 0.3) is 0 Å². The number of aliphatic hydroxyl groups excluding tert-OH is 1. The number of ketones is 1. The van der Waals surface area contributed by atoms with E-state index in [0.717, 1.165) is 11.3 Å². The van der Waals surface area contributed by atoms with Gasteiger partial charge in [-0.05, 0) is 31.0 Å². The summed E-state index contributed by atoms with van der Waals surface area (Å²) in [6.45, 7) is 7.33. The number of hydrogen-bond donors (Lipinski definition) is 1. The molecule has 1 aromatic carbocycles. The van der Waals surface area contributed by atoms with E-state index >= 15 is 0 Å². The van der Waals surface area contributed by atoms with E-state index in [9.17, 15) is 4.79 Å². The molecule has 1 radical (unpaired) electrons. The minimum Gasteiger partial charge on any atom is -0.512 e. The molecule has 1 aliphatic carbocycles. The maximum atomic E-state index is 10.0. The summed E-state index contributed by atoms with van der Waals surface area (Å²) in [6.07, 6.45) is 3.02. The largest absolute Gasteiger partial charge is 0.512 e. The first-order valence-electron chi connectivity index (χ1n) is 7.19. The van der Waals surface area contributed by atoms with E-state index in [1.807, 2.05) is 24.4 Å². The van der Waals surface area contributed by atoms with Crippen LogP contribution in [0.4, 0.5) is 0 Å². The molecule has 1 aliphatic rings. The number of allylic oxidation sites excluding steroid dienone is 2. The van der Waals surface area contributed by atoms with Gasteiger partial charge in [-0.15, -0.1) is 35.4 Å². The van der Waals surface area contributed by atoms with E-state index in [0.29, 0.717) is 0 Å². The smallest absolute Gasteiger partial charge is 0.155 e. The second-order valence-corrected chi connectivity index (χ2v) is 5.88. The van der Waals surface area contributed by atoms with E-state index in [4.69, 9.17) is 5.11 Å². The summed E-state index contributed by atoms with van der Waals surface area (Å²) < 4.78 is 0. The average molecular weight is 487 g/mol. The summed E-state index contributed by atoms with van der Waals surface area (Å²) in [5, 5.41) is 8.36.